The maximum Gasteiger partial charge on any atom is 0.121 e. The molecular weight excluding hydrogens is 270 g/mol. The molecule has 0 bridgehead atoms. The van der Waals surface area contributed by atoms with Crippen LogP contribution in [0.3, 0.4) is 0 Å². The number of nitrogen functional groups attached to an aromatic ring is 1. The first kappa shape index (κ1) is 12.1. The Morgan fingerprint density at radius 2 is 2.10 bits per heavy atom. The molecule has 104 valence electrons. The molecular formula is C15H17N3OS. The Morgan fingerprint density at radius 3 is 3.00 bits per heavy atom. The van der Waals surface area contributed by atoms with Gasteiger partial charge < -0.3 is 10.5 Å². The molecule has 2 aromatic rings. The highest BCUT2D eigenvalue weighted by Gasteiger charge is 2.37. The molecule has 2 aliphatic rings. The number of benzene rings is 1. The van der Waals surface area contributed by atoms with E-state index in [1.54, 1.807) is 12.3 Å². The third-order valence-corrected chi connectivity index (χ3v) is 6.08. The summed E-state index contributed by atoms with van der Waals surface area (Å²) in [5, 5.41) is 1.18. The van der Waals surface area contributed by atoms with Crippen LogP contribution in [0.2, 0.25) is 0 Å². The molecule has 2 heterocycles. The van der Waals surface area contributed by atoms with Gasteiger partial charge >= 0.3 is 0 Å². The quantitative estimate of drug-likeness (QED) is 0.783. The molecule has 3 N–H and O–H groups in total. The van der Waals surface area contributed by atoms with Crippen LogP contribution in [-0.2, 0) is 11.0 Å². The van der Waals surface area contributed by atoms with E-state index < -0.39 is 11.0 Å². The molecule has 0 radical (unpaired) electrons. The second-order valence-corrected chi connectivity index (χ2v) is 7.06. The predicted octanol–water partition coefficient (Wildman–Crippen LogP) is 2.93. The van der Waals surface area contributed by atoms with Crippen LogP contribution in [0, 0.1) is 0 Å². The van der Waals surface area contributed by atoms with E-state index in [4.69, 9.17) is 5.73 Å². The lowest BCUT2D eigenvalue weighted by Gasteiger charge is -2.36. The lowest BCUT2D eigenvalue weighted by Crippen LogP contribution is -2.35. The maximum absolute atomic E-state index is 12.5. The van der Waals surface area contributed by atoms with Gasteiger partial charge in [0.2, 0.25) is 0 Å². The van der Waals surface area contributed by atoms with Crippen LogP contribution in [0.1, 0.15) is 37.2 Å². The SMILES string of the molecule is Nc1ccnc2c3c(ccc12)C1CCCCC1S(=O)N3. The zero-order valence-corrected chi connectivity index (χ0v) is 12.0. The summed E-state index contributed by atoms with van der Waals surface area (Å²) in [6.07, 6.45) is 6.30. The fourth-order valence-electron chi connectivity index (χ4n) is 3.56. The Bertz CT molecular complexity index is 716. The van der Waals surface area contributed by atoms with Gasteiger partial charge in [0.05, 0.1) is 16.5 Å². The summed E-state index contributed by atoms with van der Waals surface area (Å²) in [5.41, 5.74) is 9.77. The van der Waals surface area contributed by atoms with Crippen molar-refractivity contribution in [2.24, 2.45) is 0 Å². The van der Waals surface area contributed by atoms with E-state index in [1.807, 2.05) is 0 Å². The topological polar surface area (TPSA) is 68.0 Å². The van der Waals surface area contributed by atoms with E-state index in [2.05, 4.69) is 21.8 Å². The van der Waals surface area contributed by atoms with E-state index in [-0.39, 0.29) is 5.25 Å². The lowest BCUT2D eigenvalue weighted by atomic mass is 9.82. The molecule has 1 aliphatic heterocycles. The predicted molar refractivity (Wildman–Crippen MR) is 82.9 cm³/mol. The minimum atomic E-state index is -1.01. The van der Waals surface area contributed by atoms with Crippen molar-refractivity contribution < 1.29 is 4.21 Å². The Kier molecular flexibility index (Phi) is 2.70. The van der Waals surface area contributed by atoms with E-state index in [0.29, 0.717) is 5.92 Å². The van der Waals surface area contributed by atoms with Crippen LogP contribution in [0.25, 0.3) is 10.9 Å². The van der Waals surface area contributed by atoms with Crippen molar-refractivity contribution in [3.8, 4) is 0 Å². The van der Waals surface area contributed by atoms with Crippen LogP contribution in [0.15, 0.2) is 24.4 Å². The Labute approximate surface area is 120 Å². The fourth-order valence-corrected chi connectivity index (χ4v) is 5.09. The normalized spacial score (nSPS) is 28.5. The summed E-state index contributed by atoms with van der Waals surface area (Å²) in [6, 6.07) is 6.00. The van der Waals surface area contributed by atoms with Crippen LogP contribution in [0.5, 0.6) is 0 Å². The Hall–Kier alpha value is -1.62. The van der Waals surface area contributed by atoms with Crippen LogP contribution in [0.4, 0.5) is 11.4 Å². The number of aromatic nitrogens is 1. The van der Waals surface area contributed by atoms with Crippen molar-refractivity contribution in [2.75, 3.05) is 10.5 Å². The summed E-state index contributed by atoms with van der Waals surface area (Å²) in [6.45, 7) is 0. The first-order valence-corrected chi connectivity index (χ1v) is 8.31. The van der Waals surface area contributed by atoms with Gasteiger partial charge in [0.15, 0.2) is 0 Å². The Balaban J connectivity index is 1.96. The van der Waals surface area contributed by atoms with Gasteiger partial charge in [0.25, 0.3) is 0 Å². The number of nitrogens with zero attached hydrogens (tertiary/aromatic N) is 1. The zero-order chi connectivity index (χ0) is 13.7. The number of nitrogens with one attached hydrogen (secondary N) is 1. The molecule has 1 fully saturated rings. The molecule has 1 aromatic carbocycles. The van der Waals surface area contributed by atoms with Gasteiger partial charge in [-0.05, 0) is 24.5 Å². The smallest absolute Gasteiger partial charge is 0.121 e. The van der Waals surface area contributed by atoms with Gasteiger partial charge in [-0.1, -0.05) is 25.0 Å². The molecule has 4 rings (SSSR count). The number of hydrogen-bond donors (Lipinski definition) is 2. The second-order valence-electron chi connectivity index (χ2n) is 5.66. The van der Waals surface area contributed by atoms with Crippen LogP contribution >= 0.6 is 0 Å². The average Bonchev–Trinajstić information content (AvgIpc) is 2.48. The summed E-state index contributed by atoms with van der Waals surface area (Å²) >= 11 is 0. The van der Waals surface area contributed by atoms with Gasteiger partial charge in [0, 0.05) is 23.2 Å². The van der Waals surface area contributed by atoms with Crippen molar-refractivity contribution in [1.29, 1.82) is 0 Å². The van der Waals surface area contributed by atoms with Gasteiger partial charge in [-0.25, -0.2) is 4.21 Å². The van der Waals surface area contributed by atoms with Crippen molar-refractivity contribution in [2.45, 2.75) is 36.9 Å². The summed E-state index contributed by atoms with van der Waals surface area (Å²) in [5.74, 6) is 0.397. The number of rotatable bonds is 0. The van der Waals surface area contributed by atoms with E-state index >= 15 is 0 Å². The summed E-state index contributed by atoms with van der Waals surface area (Å²) < 4.78 is 15.6. The second kappa shape index (κ2) is 4.45. The van der Waals surface area contributed by atoms with Crippen molar-refractivity contribution >= 4 is 33.3 Å². The van der Waals surface area contributed by atoms with Crippen molar-refractivity contribution in [1.82, 2.24) is 4.98 Å². The number of hydrogen-bond acceptors (Lipinski definition) is 3. The molecule has 0 amide bonds. The van der Waals surface area contributed by atoms with Crippen LogP contribution < -0.4 is 10.5 Å². The molecule has 0 saturated heterocycles. The molecule has 1 aliphatic carbocycles. The number of pyridine rings is 1. The van der Waals surface area contributed by atoms with Crippen molar-refractivity contribution in [3.63, 3.8) is 0 Å². The number of fused-ring (bicyclic) bond motifs is 5. The number of nitrogens with two attached hydrogens (primary N) is 1. The largest absolute Gasteiger partial charge is 0.398 e. The van der Waals surface area contributed by atoms with Gasteiger partial charge in [0.1, 0.15) is 11.0 Å². The van der Waals surface area contributed by atoms with Crippen molar-refractivity contribution in [3.05, 3.63) is 30.0 Å². The molecule has 0 spiro atoms. The fraction of sp³-hybridized carbons (Fsp3) is 0.400. The standard InChI is InChI=1S/C15H17N3OS/c16-12-7-8-17-14-11(12)6-5-10-9-3-1-2-4-13(9)20(19)18-15(10)14/h5-9,13,18H,1-4H2,(H2,16,17). The third kappa shape index (κ3) is 1.66. The van der Waals surface area contributed by atoms with Crippen LogP contribution in [-0.4, -0.2) is 14.4 Å². The average molecular weight is 287 g/mol. The third-order valence-electron chi connectivity index (χ3n) is 4.56. The van der Waals surface area contributed by atoms with Gasteiger partial charge in [-0.3, -0.25) is 4.98 Å². The highest BCUT2D eigenvalue weighted by Crippen LogP contribution is 2.45. The minimum absolute atomic E-state index is 0.245. The van der Waals surface area contributed by atoms with E-state index in [0.717, 1.165) is 35.1 Å². The van der Waals surface area contributed by atoms with Gasteiger partial charge in [-0.2, -0.15) is 0 Å². The molecule has 20 heavy (non-hydrogen) atoms. The monoisotopic (exact) mass is 287 g/mol. The zero-order valence-electron chi connectivity index (χ0n) is 11.1. The molecule has 3 atom stereocenters. The highest BCUT2D eigenvalue weighted by molar-refractivity contribution is 7.87. The molecule has 3 unspecified atom stereocenters. The maximum atomic E-state index is 12.5. The first-order valence-electron chi connectivity index (χ1n) is 7.10. The Morgan fingerprint density at radius 1 is 1.25 bits per heavy atom. The summed E-state index contributed by atoms with van der Waals surface area (Å²) in [7, 11) is -1.01. The number of anilines is 2. The molecule has 1 aromatic heterocycles. The summed E-state index contributed by atoms with van der Waals surface area (Å²) in [4.78, 5) is 4.45. The van der Waals surface area contributed by atoms with E-state index in [1.165, 1.54) is 18.4 Å². The van der Waals surface area contributed by atoms with E-state index in [9.17, 15) is 4.21 Å². The molecule has 4 nitrogen and oxygen atoms in total. The minimum Gasteiger partial charge on any atom is -0.398 e. The lowest BCUT2D eigenvalue weighted by molar-refractivity contribution is 0.446. The molecule has 5 heteroatoms. The highest BCUT2D eigenvalue weighted by atomic mass is 32.2. The first-order chi connectivity index (χ1) is 9.75. The van der Waals surface area contributed by atoms with Gasteiger partial charge in [-0.15, -0.1) is 0 Å². The molecule has 1 saturated carbocycles.